The Morgan fingerprint density at radius 3 is 2.67 bits per heavy atom. The first-order valence-electron chi connectivity index (χ1n) is 10.1. The van der Waals surface area contributed by atoms with Gasteiger partial charge in [-0.25, -0.2) is 4.99 Å². The van der Waals surface area contributed by atoms with Crippen LogP contribution in [0.2, 0.25) is 5.02 Å². The topological polar surface area (TPSA) is 79.0 Å². The van der Waals surface area contributed by atoms with Crippen molar-refractivity contribution in [1.29, 1.82) is 0 Å². The molecule has 1 atom stereocenters. The summed E-state index contributed by atoms with van der Waals surface area (Å²) in [6, 6.07) is 7.97. The Balaban J connectivity index is 0.00000320. The average Bonchev–Trinajstić information content (AvgIpc) is 3.21. The van der Waals surface area contributed by atoms with Gasteiger partial charge in [0.1, 0.15) is 12.6 Å². The highest BCUT2D eigenvalue weighted by Gasteiger charge is 2.21. The lowest BCUT2D eigenvalue weighted by molar-refractivity contribution is 0.0683. The minimum Gasteiger partial charge on any atom is -0.371 e. The van der Waals surface area contributed by atoms with Crippen LogP contribution in [0.15, 0.2) is 33.8 Å². The van der Waals surface area contributed by atoms with E-state index in [-0.39, 0.29) is 30.1 Å². The van der Waals surface area contributed by atoms with Crippen molar-refractivity contribution in [3.8, 4) is 0 Å². The molecule has 0 amide bonds. The lowest BCUT2D eigenvalue weighted by Gasteiger charge is -2.38. The number of aliphatic imine (C=N–C) groups is 1. The minimum absolute atomic E-state index is 0. The number of guanidine groups is 1. The van der Waals surface area contributed by atoms with Gasteiger partial charge >= 0.3 is 0 Å². The first kappa shape index (κ1) is 24.7. The maximum atomic E-state index is 6.34. The van der Waals surface area contributed by atoms with Crippen molar-refractivity contribution in [2.45, 2.75) is 33.4 Å². The number of rotatable bonds is 7. The highest BCUT2D eigenvalue weighted by atomic mass is 127. The zero-order chi connectivity index (χ0) is 20.6. The molecule has 166 valence electrons. The Hall–Kier alpha value is -1.59. The molecule has 0 spiro atoms. The summed E-state index contributed by atoms with van der Waals surface area (Å²) in [6.07, 6.45) is -0.187. The molecule has 3 rings (SSSR count). The van der Waals surface area contributed by atoms with Crippen LogP contribution in [0.4, 0.5) is 5.69 Å². The second kappa shape index (κ2) is 12.3. The molecule has 0 aliphatic carbocycles. The number of nitrogens with one attached hydrogen (secondary N) is 1. The van der Waals surface area contributed by atoms with Gasteiger partial charge in [-0.1, -0.05) is 28.9 Å². The zero-order valence-corrected chi connectivity index (χ0v) is 20.8. The van der Waals surface area contributed by atoms with Gasteiger partial charge in [0, 0.05) is 39.3 Å². The zero-order valence-electron chi connectivity index (χ0n) is 17.7. The standard InChI is InChI=1S/C20H29ClN6O2.HI/c1-4-22-20(23-14-18-24-19(25-29-18)15(3)28-5-2)27-12-10-26(11-13-27)17-9-7-6-8-16(17)21;/h6-9,15H,4-5,10-14H2,1-3H3,(H,22,23);1H. The Labute approximate surface area is 200 Å². The minimum atomic E-state index is -0.187. The van der Waals surface area contributed by atoms with E-state index in [1.54, 1.807) is 0 Å². The molecule has 1 fully saturated rings. The number of piperazine rings is 1. The van der Waals surface area contributed by atoms with Crippen LogP contribution in [0, 0.1) is 0 Å². The highest BCUT2D eigenvalue weighted by Crippen LogP contribution is 2.26. The fourth-order valence-electron chi connectivity index (χ4n) is 3.26. The summed E-state index contributed by atoms with van der Waals surface area (Å²) in [5.74, 6) is 1.89. The molecule has 1 N–H and O–H groups in total. The fourth-order valence-corrected chi connectivity index (χ4v) is 3.51. The Bertz CT molecular complexity index is 810. The van der Waals surface area contributed by atoms with Crippen LogP contribution in [0.5, 0.6) is 0 Å². The maximum absolute atomic E-state index is 6.34. The van der Waals surface area contributed by atoms with E-state index >= 15 is 0 Å². The van der Waals surface area contributed by atoms with Crippen LogP contribution in [0.3, 0.4) is 0 Å². The SMILES string of the molecule is CCNC(=NCc1nc(C(C)OCC)no1)N1CCN(c2ccccc2Cl)CC1.I. The van der Waals surface area contributed by atoms with E-state index in [1.165, 1.54) is 0 Å². The molecule has 1 aliphatic heterocycles. The van der Waals surface area contributed by atoms with Crippen molar-refractivity contribution >= 4 is 47.2 Å². The van der Waals surface area contributed by atoms with Gasteiger partial charge in [-0.3, -0.25) is 0 Å². The summed E-state index contributed by atoms with van der Waals surface area (Å²) in [6.45, 7) is 11.1. The molecule has 1 aromatic heterocycles. The summed E-state index contributed by atoms with van der Waals surface area (Å²) < 4.78 is 10.8. The Kier molecular flexibility index (Phi) is 10.1. The predicted molar refractivity (Wildman–Crippen MR) is 130 cm³/mol. The number of aromatic nitrogens is 2. The van der Waals surface area contributed by atoms with Crippen molar-refractivity contribution in [3.05, 3.63) is 41.0 Å². The number of anilines is 1. The van der Waals surface area contributed by atoms with Crippen molar-refractivity contribution < 1.29 is 9.26 Å². The monoisotopic (exact) mass is 548 g/mol. The molecule has 8 nitrogen and oxygen atoms in total. The van der Waals surface area contributed by atoms with Gasteiger partial charge in [0.2, 0.25) is 5.89 Å². The van der Waals surface area contributed by atoms with E-state index in [0.717, 1.165) is 49.4 Å². The Morgan fingerprint density at radius 2 is 2.00 bits per heavy atom. The second-order valence-corrected chi connectivity index (χ2v) is 7.15. The van der Waals surface area contributed by atoms with Gasteiger partial charge in [0.05, 0.1) is 10.7 Å². The van der Waals surface area contributed by atoms with Gasteiger partial charge < -0.3 is 24.4 Å². The third-order valence-electron chi connectivity index (χ3n) is 4.74. The van der Waals surface area contributed by atoms with Gasteiger partial charge in [0.25, 0.3) is 0 Å². The normalized spacial score (nSPS) is 15.7. The third kappa shape index (κ3) is 6.45. The quantitative estimate of drug-likeness (QED) is 0.321. The molecule has 1 saturated heterocycles. The number of para-hydroxylation sites is 1. The molecular formula is C20H30ClIN6O2. The molecule has 0 radical (unpaired) electrons. The summed E-state index contributed by atoms with van der Waals surface area (Å²) in [5.41, 5.74) is 1.08. The number of halogens is 2. The first-order chi connectivity index (χ1) is 14.1. The average molecular weight is 549 g/mol. The molecule has 2 heterocycles. The molecule has 10 heteroatoms. The van der Waals surface area contributed by atoms with Gasteiger partial charge in [0.15, 0.2) is 11.8 Å². The van der Waals surface area contributed by atoms with E-state index in [0.29, 0.717) is 24.9 Å². The highest BCUT2D eigenvalue weighted by molar-refractivity contribution is 14.0. The van der Waals surface area contributed by atoms with Crippen LogP contribution in [0.1, 0.15) is 38.6 Å². The largest absolute Gasteiger partial charge is 0.371 e. The summed E-state index contributed by atoms with van der Waals surface area (Å²) in [4.78, 5) is 13.6. The van der Waals surface area contributed by atoms with Crippen molar-refractivity contribution in [2.24, 2.45) is 4.99 Å². The number of hydrogen-bond acceptors (Lipinski definition) is 6. The number of benzene rings is 1. The van der Waals surface area contributed by atoms with E-state index in [2.05, 4.69) is 38.2 Å². The van der Waals surface area contributed by atoms with Gasteiger partial charge in [-0.05, 0) is 32.9 Å². The molecule has 0 saturated carbocycles. The van der Waals surface area contributed by atoms with E-state index in [4.69, 9.17) is 25.9 Å². The van der Waals surface area contributed by atoms with Crippen LogP contribution >= 0.6 is 35.6 Å². The maximum Gasteiger partial charge on any atom is 0.248 e. The summed E-state index contributed by atoms with van der Waals surface area (Å²) >= 11 is 6.34. The lowest BCUT2D eigenvalue weighted by Crippen LogP contribution is -2.52. The molecule has 1 unspecified atom stereocenters. The first-order valence-corrected chi connectivity index (χ1v) is 10.5. The van der Waals surface area contributed by atoms with Gasteiger partial charge in [-0.2, -0.15) is 4.98 Å². The van der Waals surface area contributed by atoms with Crippen LogP contribution in [-0.2, 0) is 11.3 Å². The lowest BCUT2D eigenvalue weighted by atomic mass is 10.2. The fraction of sp³-hybridized carbons (Fsp3) is 0.550. The molecule has 2 aromatic rings. The Morgan fingerprint density at radius 1 is 1.27 bits per heavy atom. The van der Waals surface area contributed by atoms with E-state index < -0.39 is 0 Å². The number of ether oxygens (including phenoxy) is 1. The summed E-state index contributed by atoms with van der Waals surface area (Å²) in [7, 11) is 0. The third-order valence-corrected chi connectivity index (χ3v) is 5.06. The molecule has 0 bridgehead atoms. The van der Waals surface area contributed by atoms with Crippen molar-refractivity contribution in [3.63, 3.8) is 0 Å². The van der Waals surface area contributed by atoms with E-state index in [1.807, 2.05) is 32.0 Å². The smallest absolute Gasteiger partial charge is 0.248 e. The second-order valence-electron chi connectivity index (χ2n) is 6.74. The van der Waals surface area contributed by atoms with Crippen molar-refractivity contribution in [1.82, 2.24) is 20.4 Å². The van der Waals surface area contributed by atoms with Gasteiger partial charge in [-0.15, -0.1) is 24.0 Å². The van der Waals surface area contributed by atoms with Crippen molar-refractivity contribution in [2.75, 3.05) is 44.2 Å². The molecule has 30 heavy (non-hydrogen) atoms. The number of hydrogen-bond donors (Lipinski definition) is 1. The molecule has 1 aliphatic rings. The van der Waals surface area contributed by atoms with Crippen LogP contribution < -0.4 is 10.2 Å². The molecule has 1 aromatic carbocycles. The number of nitrogens with zero attached hydrogens (tertiary/aromatic N) is 5. The predicted octanol–water partition coefficient (Wildman–Crippen LogP) is 3.73. The van der Waals surface area contributed by atoms with E-state index in [9.17, 15) is 0 Å². The summed E-state index contributed by atoms with van der Waals surface area (Å²) in [5, 5.41) is 8.13. The van der Waals surface area contributed by atoms with Crippen LogP contribution in [0.25, 0.3) is 0 Å². The molecular weight excluding hydrogens is 519 g/mol. The van der Waals surface area contributed by atoms with Crippen LogP contribution in [-0.4, -0.2) is 60.3 Å².